The molecule has 0 atom stereocenters. The summed E-state index contributed by atoms with van der Waals surface area (Å²) in [5.74, 6) is 3.76. The van der Waals surface area contributed by atoms with Gasteiger partial charge in [0.25, 0.3) is 0 Å². The van der Waals surface area contributed by atoms with Crippen molar-refractivity contribution in [3.63, 3.8) is 0 Å². The van der Waals surface area contributed by atoms with Gasteiger partial charge in [-0.05, 0) is 35.4 Å². The van der Waals surface area contributed by atoms with Crippen LogP contribution in [-0.4, -0.2) is 32.9 Å². The van der Waals surface area contributed by atoms with Gasteiger partial charge in [-0.1, -0.05) is 24.3 Å². The van der Waals surface area contributed by atoms with Crippen LogP contribution in [0.15, 0.2) is 53.5 Å². The van der Waals surface area contributed by atoms with E-state index >= 15 is 0 Å². The predicted molar refractivity (Wildman–Crippen MR) is 103 cm³/mol. The van der Waals surface area contributed by atoms with Crippen molar-refractivity contribution in [2.45, 2.75) is 25.8 Å². The monoisotopic (exact) mass is 363 g/mol. The van der Waals surface area contributed by atoms with Crippen LogP contribution in [0.4, 0.5) is 0 Å². The number of aromatic nitrogens is 3. The normalized spacial score (nSPS) is 14.6. The largest absolute Gasteiger partial charge is 0.508 e. The van der Waals surface area contributed by atoms with Gasteiger partial charge in [-0.25, -0.2) is 4.68 Å². The van der Waals surface area contributed by atoms with Gasteiger partial charge < -0.3 is 9.84 Å². The first kappa shape index (κ1) is 17.1. The third-order valence-corrected chi connectivity index (χ3v) is 4.53. The highest BCUT2D eigenvalue weighted by atomic mass is 16.5. The molecule has 0 aliphatic carbocycles. The summed E-state index contributed by atoms with van der Waals surface area (Å²) in [5.41, 5.74) is 5.53. The van der Waals surface area contributed by atoms with Crippen molar-refractivity contribution in [2.24, 2.45) is 4.99 Å². The second-order valence-corrected chi connectivity index (χ2v) is 6.43. The Morgan fingerprint density at radius 1 is 1.04 bits per heavy atom. The first-order chi connectivity index (χ1) is 13.2. The summed E-state index contributed by atoms with van der Waals surface area (Å²) in [6, 6.07) is 15.1. The van der Waals surface area contributed by atoms with Gasteiger partial charge in [-0.15, -0.1) is 10.2 Å². The van der Waals surface area contributed by atoms with Crippen molar-refractivity contribution in [2.75, 3.05) is 12.5 Å². The molecular weight excluding hydrogens is 342 g/mol. The summed E-state index contributed by atoms with van der Waals surface area (Å²) >= 11 is 0. The maximum Gasteiger partial charge on any atom is 0.156 e. The Bertz CT molecular complexity index is 946. The van der Waals surface area contributed by atoms with Crippen molar-refractivity contribution < 1.29 is 9.84 Å². The number of fused-ring (bicyclic) bond motifs is 1. The molecule has 2 aromatic carbocycles. The molecule has 2 N–H and O–H groups in total. The fraction of sp³-hybridized carbons (Fsp3) is 0.250. The van der Waals surface area contributed by atoms with Gasteiger partial charge in [0.15, 0.2) is 11.6 Å². The Balaban J connectivity index is 1.46. The van der Waals surface area contributed by atoms with Crippen LogP contribution in [0.1, 0.15) is 29.2 Å². The Hall–Kier alpha value is -3.35. The van der Waals surface area contributed by atoms with Crippen molar-refractivity contribution in [3.05, 3.63) is 71.3 Å². The maximum absolute atomic E-state index is 9.42. The molecule has 0 bridgehead atoms. The van der Waals surface area contributed by atoms with Crippen LogP contribution >= 0.6 is 0 Å². The molecule has 0 unspecified atom stereocenters. The number of amidine groups is 1. The van der Waals surface area contributed by atoms with E-state index in [1.807, 2.05) is 41.1 Å². The molecule has 0 spiro atoms. The number of aliphatic imine (C=N–C) groups is 1. The van der Waals surface area contributed by atoms with E-state index in [9.17, 15) is 5.11 Å². The van der Waals surface area contributed by atoms with Crippen LogP contribution in [-0.2, 0) is 19.4 Å². The third kappa shape index (κ3) is 3.92. The van der Waals surface area contributed by atoms with Crippen LogP contribution in [0.25, 0.3) is 0 Å². The lowest BCUT2D eigenvalue weighted by atomic mass is 10.1. The molecule has 7 nitrogen and oxygen atoms in total. The molecule has 1 aromatic heterocycles. The molecule has 0 fully saturated rings. The molecule has 7 heteroatoms. The molecule has 3 aromatic rings. The first-order valence-electron chi connectivity index (χ1n) is 8.85. The highest BCUT2D eigenvalue weighted by Crippen LogP contribution is 2.16. The predicted octanol–water partition coefficient (Wildman–Crippen LogP) is 2.67. The molecule has 2 heterocycles. The highest BCUT2D eigenvalue weighted by Gasteiger charge is 2.19. The summed E-state index contributed by atoms with van der Waals surface area (Å²) in [6.45, 7) is 0.608. The smallest absolute Gasteiger partial charge is 0.156 e. The van der Waals surface area contributed by atoms with Crippen LogP contribution < -0.4 is 10.2 Å². The lowest BCUT2D eigenvalue weighted by Crippen LogP contribution is -2.32. The zero-order valence-corrected chi connectivity index (χ0v) is 15.1. The van der Waals surface area contributed by atoms with E-state index in [1.165, 1.54) is 0 Å². The molecule has 1 aliphatic heterocycles. The average Bonchev–Trinajstić information content (AvgIpc) is 3.10. The van der Waals surface area contributed by atoms with E-state index < -0.39 is 0 Å². The van der Waals surface area contributed by atoms with Gasteiger partial charge in [-0.3, -0.25) is 10.4 Å². The van der Waals surface area contributed by atoms with Crippen LogP contribution in [0, 0.1) is 0 Å². The highest BCUT2D eigenvalue weighted by molar-refractivity contribution is 5.90. The van der Waals surface area contributed by atoms with Gasteiger partial charge in [0, 0.05) is 19.3 Å². The molecular formula is C20H21N5O2. The number of nitrogens with one attached hydrogen (secondary N) is 1. The van der Waals surface area contributed by atoms with E-state index in [4.69, 9.17) is 9.73 Å². The van der Waals surface area contributed by atoms with Gasteiger partial charge >= 0.3 is 0 Å². The SMILES string of the molecule is COc1ccc(CN=C2CCc3nnc(Cc4ccc(O)cc4)n3N2)cc1. The molecule has 4 rings (SSSR count). The van der Waals surface area contributed by atoms with E-state index in [-0.39, 0.29) is 5.75 Å². The summed E-state index contributed by atoms with van der Waals surface area (Å²) in [7, 11) is 1.66. The van der Waals surface area contributed by atoms with Gasteiger partial charge in [0.2, 0.25) is 0 Å². The van der Waals surface area contributed by atoms with Crippen molar-refractivity contribution in [3.8, 4) is 11.5 Å². The number of phenols is 1. The van der Waals surface area contributed by atoms with Crippen LogP contribution in [0.5, 0.6) is 11.5 Å². The number of hydrogen-bond donors (Lipinski definition) is 2. The minimum atomic E-state index is 0.257. The number of benzene rings is 2. The molecule has 0 amide bonds. The Morgan fingerprint density at radius 2 is 1.78 bits per heavy atom. The topological polar surface area (TPSA) is 84.6 Å². The van der Waals surface area contributed by atoms with Crippen molar-refractivity contribution >= 4 is 5.84 Å². The van der Waals surface area contributed by atoms with Gasteiger partial charge in [-0.2, -0.15) is 0 Å². The molecule has 1 aliphatic rings. The minimum Gasteiger partial charge on any atom is -0.508 e. The third-order valence-electron chi connectivity index (χ3n) is 4.53. The number of phenolic OH excluding ortho intramolecular Hbond substituents is 1. The molecule has 27 heavy (non-hydrogen) atoms. The summed E-state index contributed by atoms with van der Waals surface area (Å²) in [6.07, 6.45) is 2.25. The number of hydrogen-bond acceptors (Lipinski definition) is 5. The van der Waals surface area contributed by atoms with Crippen molar-refractivity contribution in [1.82, 2.24) is 14.9 Å². The second-order valence-electron chi connectivity index (χ2n) is 6.43. The standard InChI is InChI=1S/C20H21N5O2/c1-27-17-8-4-15(5-9-17)13-21-18-10-11-19-22-23-20(25(19)24-18)12-14-2-6-16(26)7-3-14/h2-9,26H,10-13H2,1H3,(H,21,24). The first-order valence-corrected chi connectivity index (χ1v) is 8.85. The zero-order chi connectivity index (χ0) is 18.6. The number of ether oxygens (including phenoxy) is 1. The van der Waals surface area contributed by atoms with E-state index in [1.54, 1.807) is 19.2 Å². The van der Waals surface area contributed by atoms with Crippen LogP contribution in [0.3, 0.4) is 0 Å². The summed E-state index contributed by atoms with van der Waals surface area (Å²) in [5, 5.41) is 18.0. The minimum absolute atomic E-state index is 0.257. The number of aromatic hydroxyl groups is 1. The molecule has 0 radical (unpaired) electrons. The number of nitrogens with zero attached hydrogens (tertiary/aromatic N) is 4. The molecule has 0 saturated heterocycles. The summed E-state index contributed by atoms with van der Waals surface area (Å²) in [4.78, 5) is 4.70. The number of methoxy groups -OCH3 is 1. The Kier molecular flexibility index (Phi) is 4.74. The van der Waals surface area contributed by atoms with Gasteiger partial charge in [0.1, 0.15) is 17.3 Å². The lowest BCUT2D eigenvalue weighted by Gasteiger charge is -2.19. The average molecular weight is 363 g/mol. The Labute approximate surface area is 157 Å². The number of aryl methyl sites for hydroxylation is 1. The van der Waals surface area contributed by atoms with E-state index in [0.29, 0.717) is 13.0 Å². The second kappa shape index (κ2) is 7.49. The van der Waals surface area contributed by atoms with Crippen molar-refractivity contribution in [1.29, 1.82) is 0 Å². The quantitative estimate of drug-likeness (QED) is 0.728. The Morgan fingerprint density at radius 3 is 2.52 bits per heavy atom. The van der Waals surface area contributed by atoms with Gasteiger partial charge in [0.05, 0.1) is 13.7 Å². The van der Waals surface area contributed by atoms with E-state index in [2.05, 4.69) is 15.6 Å². The van der Waals surface area contributed by atoms with Crippen LogP contribution in [0.2, 0.25) is 0 Å². The fourth-order valence-corrected chi connectivity index (χ4v) is 3.00. The summed E-state index contributed by atoms with van der Waals surface area (Å²) < 4.78 is 7.10. The maximum atomic E-state index is 9.42. The fourth-order valence-electron chi connectivity index (χ4n) is 3.00. The zero-order valence-electron chi connectivity index (χ0n) is 15.1. The molecule has 0 saturated carbocycles. The van der Waals surface area contributed by atoms with E-state index in [0.717, 1.165) is 47.2 Å². The molecule has 138 valence electrons. The lowest BCUT2D eigenvalue weighted by molar-refractivity contribution is 0.414. The number of rotatable bonds is 5.